The maximum atomic E-state index is 6.43. The molecule has 0 atom stereocenters. The summed E-state index contributed by atoms with van der Waals surface area (Å²) in [7, 11) is -4.58. The van der Waals surface area contributed by atoms with Crippen molar-refractivity contribution >= 4 is 17.1 Å². The highest BCUT2D eigenvalue weighted by atomic mass is 28.4. The topological polar surface area (TPSA) is 49.9 Å². The van der Waals surface area contributed by atoms with Crippen LogP contribution in [0.25, 0.3) is 0 Å². The van der Waals surface area contributed by atoms with Crippen molar-refractivity contribution in [2.75, 3.05) is 52.4 Å². The normalized spacial score (nSPS) is 13.2. The van der Waals surface area contributed by atoms with Crippen LogP contribution in [0.1, 0.15) is 93.9 Å². The Labute approximate surface area is 226 Å². The van der Waals surface area contributed by atoms with Crippen molar-refractivity contribution in [1.82, 2.24) is 20.3 Å². The smallest absolute Gasteiger partial charge is 0.309 e. The van der Waals surface area contributed by atoms with Crippen LogP contribution in [0.4, 0.5) is 0 Å². The van der Waals surface area contributed by atoms with E-state index in [0.717, 1.165) is 77.3 Å². The highest BCUT2D eigenvalue weighted by molar-refractivity contribution is 6.66. The van der Waals surface area contributed by atoms with Gasteiger partial charge in [0, 0.05) is 52.4 Å². The Balaban J connectivity index is 4.61. The second-order valence-electron chi connectivity index (χ2n) is 9.71. The van der Waals surface area contributed by atoms with Gasteiger partial charge in [-0.2, -0.15) is 20.3 Å². The van der Waals surface area contributed by atoms with E-state index >= 15 is 0 Å². The van der Waals surface area contributed by atoms with Crippen molar-refractivity contribution in [3.05, 3.63) is 0 Å². The standard InChI is InChI=1S/C26H62N4O4Si2/c1-11-27(12-2)31-35(9,32-28(13-3)14-4)25-23-21-19-20-22-24-26-36(10,33-29(15-5)16-6)34-30(17-7)18-8/h11-26H2,1-10H3. The number of unbranched alkanes of at least 4 members (excludes halogenated alkanes) is 5. The number of hydrogen-bond acceptors (Lipinski definition) is 8. The minimum absolute atomic E-state index is 0.888. The lowest BCUT2D eigenvalue weighted by atomic mass is 10.1. The molecule has 0 aromatic rings. The van der Waals surface area contributed by atoms with Crippen LogP contribution in [0.3, 0.4) is 0 Å². The first-order valence-electron chi connectivity index (χ1n) is 14.9. The zero-order valence-corrected chi connectivity index (χ0v) is 27.7. The average Bonchev–Trinajstić information content (AvgIpc) is 2.89. The Hall–Kier alpha value is 0.114. The third-order valence-electron chi connectivity index (χ3n) is 6.62. The van der Waals surface area contributed by atoms with Crippen molar-refractivity contribution in [2.24, 2.45) is 0 Å². The molecule has 0 fully saturated rings. The SMILES string of the molecule is CCN(CC)O[Si](C)(CCCCCCCC[Si](C)(ON(CC)CC)ON(CC)CC)ON(CC)CC. The van der Waals surface area contributed by atoms with E-state index in [-0.39, 0.29) is 0 Å². The van der Waals surface area contributed by atoms with E-state index < -0.39 is 17.1 Å². The van der Waals surface area contributed by atoms with E-state index in [1.54, 1.807) is 0 Å². The Kier molecular flexibility index (Phi) is 21.1. The van der Waals surface area contributed by atoms with Crippen LogP contribution < -0.4 is 0 Å². The lowest BCUT2D eigenvalue weighted by Gasteiger charge is -2.35. The van der Waals surface area contributed by atoms with Crippen molar-refractivity contribution in [2.45, 2.75) is 119 Å². The number of hydrogen-bond donors (Lipinski definition) is 0. The molecule has 0 spiro atoms. The zero-order valence-electron chi connectivity index (χ0n) is 25.7. The van der Waals surface area contributed by atoms with Crippen LogP contribution in [0.15, 0.2) is 0 Å². The summed E-state index contributed by atoms with van der Waals surface area (Å²) >= 11 is 0. The molecule has 0 amide bonds. The number of hydroxylamine groups is 8. The van der Waals surface area contributed by atoms with E-state index in [1.165, 1.54) is 25.7 Å². The van der Waals surface area contributed by atoms with E-state index in [9.17, 15) is 0 Å². The summed E-state index contributed by atoms with van der Waals surface area (Å²) in [5.41, 5.74) is 0. The van der Waals surface area contributed by atoms with Gasteiger partial charge in [0.25, 0.3) is 0 Å². The van der Waals surface area contributed by atoms with Crippen LogP contribution in [0.2, 0.25) is 25.2 Å². The lowest BCUT2D eigenvalue weighted by Crippen LogP contribution is -2.49. The lowest BCUT2D eigenvalue weighted by molar-refractivity contribution is -0.144. The van der Waals surface area contributed by atoms with Crippen molar-refractivity contribution in [1.29, 1.82) is 0 Å². The molecule has 36 heavy (non-hydrogen) atoms. The second kappa shape index (κ2) is 21.0. The van der Waals surface area contributed by atoms with Gasteiger partial charge in [0.2, 0.25) is 0 Å². The molecule has 0 rings (SSSR count). The predicted octanol–water partition coefficient (Wildman–Crippen LogP) is 6.56. The first kappa shape index (κ1) is 36.1. The first-order valence-corrected chi connectivity index (χ1v) is 20.0. The molecule has 0 bridgehead atoms. The quantitative estimate of drug-likeness (QED) is 0.0719. The molecule has 218 valence electrons. The zero-order chi connectivity index (χ0) is 27.5. The average molecular weight is 551 g/mol. The molecule has 0 aliphatic rings. The van der Waals surface area contributed by atoms with Crippen LogP contribution in [-0.2, 0) is 18.1 Å². The number of nitrogens with zero attached hydrogens (tertiary/aromatic N) is 4. The maximum Gasteiger partial charge on any atom is 0.374 e. The van der Waals surface area contributed by atoms with Gasteiger partial charge in [0.05, 0.1) is 0 Å². The highest BCUT2D eigenvalue weighted by Crippen LogP contribution is 2.24. The van der Waals surface area contributed by atoms with E-state index in [4.69, 9.17) is 18.1 Å². The molecule has 0 radical (unpaired) electrons. The van der Waals surface area contributed by atoms with Gasteiger partial charge in [-0.3, -0.25) is 0 Å². The minimum Gasteiger partial charge on any atom is -0.309 e. The van der Waals surface area contributed by atoms with E-state index in [0.29, 0.717) is 0 Å². The third-order valence-corrected chi connectivity index (χ3v) is 11.7. The molecule has 0 saturated carbocycles. The molecule has 0 aromatic heterocycles. The summed E-state index contributed by atoms with van der Waals surface area (Å²) in [6, 6.07) is 2.06. The van der Waals surface area contributed by atoms with Gasteiger partial charge in [-0.1, -0.05) is 93.9 Å². The third kappa shape index (κ3) is 15.5. The summed E-state index contributed by atoms with van der Waals surface area (Å²) in [5.74, 6) is 0. The van der Waals surface area contributed by atoms with Crippen LogP contribution in [0, 0.1) is 0 Å². The fraction of sp³-hybridized carbons (Fsp3) is 1.00. The molecular formula is C26H62N4O4Si2. The van der Waals surface area contributed by atoms with E-state index in [2.05, 4.69) is 88.7 Å². The molecule has 0 N–H and O–H groups in total. The van der Waals surface area contributed by atoms with Crippen molar-refractivity contribution in [3.8, 4) is 0 Å². The maximum absolute atomic E-state index is 6.43. The molecular weight excluding hydrogens is 488 g/mol. The molecule has 10 heteroatoms. The summed E-state index contributed by atoms with van der Waals surface area (Å²) < 4.78 is 25.7. The van der Waals surface area contributed by atoms with Crippen LogP contribution in [0.5, 0.6) is 0 Å². The van der Waals surface area contributed by atoms with Crippen molar-refractivity contribution in [3.63, 3.8) is 0 Å². The Morgan fingerprint density at radius 1 is 0.361 bits per heavy atom. The molecule has 0 heterocycles. The summed E-state index contributed by atoms with van der Waals surface area (Å²) in [6.07, 6.45) is 7.29. The second-order valence-corrected chi connectivity index (χ2v) is 16.0. The minimum atomic E-state index is -2.29. The monoisotopic (exact) mass is 550 g/mol. The largest absolute Gasteiger partial charge is 0.374 e. The van der Waals surface area contributed by atoms with Crippen molar-refractivity contribution < 1.29 is 18.1 Å². The molecule has 8 nitrogen and oxygen atoms in total. The Morgan fingerprint density at radius 2 is 0.556 bits per heavy atom. The highest BCUT2D eigenvalue weighted by Gasteiger charge is 2.37. The predicted molar refractivity (Wildman–Crippen MR) is 157 cm³/mol. The van der Waals surface area contributed by atoms with Gasteiger partial charge in [-0.25, -0.2) is 0 Å². The van der Waals surface area contributed by atoms with Crippen LogP contribution >= 0.6 is 0 Å². The van der Waals surface area contributed by atoms with Crippen LogP contribution in [-0.4, -0.2) is 89.7 Å². The summed E-state index contributed by atoms with van der Waals surface area (Å²) in [4.78, 5) is 0. The van der Waals surface area contributed by atoms with Gasteiger partial charge in [0.15, 0.2) is 0 Å². The fourth-order valence-electron chi connectivity index (χ4n) is 4.32. The number of rotatable bonds is 25. The Morgan fingerprint density at radius 3 is 0.750 bits per heavy atom. The van der Waals surface area contributed by atoms with Gasteiger partial charge in [-0.15, -0.1) is 0 Å². The van der Waals surface area contributed by atoms with E-state index in [1.807, 2.05) is 0 Å². The molecule has 0 saturated heterocycles. The first-order chi connectivity index (χ1) is 17.2. The molecule has 0 unspecified atom stereocenters. The van der Waals surface area contributed by atoms with Gasteiger partial charge >= 0.3 is 17.1 Å². The van der Waals surface area contributed by atoms with Gasteiger partial charge in [0.1, 0.15) is 0 Å². The summed E-state index contributed by atoms with van der Waals surface area (Å²) in [6.45, 7) is 28.7. The molecule has 0 aromatic carbocycles. The summed E-state index contributed by atoms with van der Waals surface area (Å²) in [5, 5.41) is 8.21. The Bertz CT molecular complexity index is 434. The molecule has 0 aliphatic heterocycles. The molecule has 0 aliphatic carbocycles. The fourth-order valence-corrected chi connectivity index (χ4v) is 9.75. The van der Waals surface area contributed by atoms with Gasteiger partial charge in [-0.05, 0) is 25.2 Å². The van der Waals surface area contributed by atoms with Gasteiger partial charge < -0.3 is 18.1 Å².